The third kappa shape index (κ3) is 1.90. The molecule has 1 aromatic heterocycles. The van der Waals surface area contributed by atoms with E-state index in [-0.39, 0.29) is 0 Å². The van der Waals surface area contributed by atoms with Crippen LogP contribution in [0.25, 0.3) is 11.3 Å². The van der Waals surface area contributed by atoms with Crippen LogP contribution in [0, 0.1) is 6.92 Å². The van der Waals surface area contributed by atoms with E-state index < -0.39 is 0 Å². The van der Waals surface area contributed by atoms with Gasteiger partial charge in [0.25, 0.3) is 6.01 Å². The van der Waals surface area contributed by atoms with E-state index in [0.717, 1.165) is 21.5 Å². The van der Waals surface area contributed by atoms with Crippen molar-refractivity contribution in [3.05, 3.63) is 34.5 Å². The van der Waals surface area contributed by atoms with E-state index in [1.807, 2.05) is 31.2 Å². The number of aryl methyl sites for hydroxylation is 1. The van der Waals surface area contributed by atoms with Gasteiger partial charge in [-0.05, 0) is 13.0 Å². The number of hydrogen-bond acceptors (Lipinski definition) is 3. The smallest absolute Gasteiger partial charge is 0.295 e. The van der Waals surface area contributed by atoms with Gasteiger partial charge in [-0.3, -0.25) is 0 Å². The van der Waals surface area contributed by atoms with Crippen molar-refractivity contribution >= 4 is 21.9 Å². The van der Waals surface area contributed by atoms with Crippen molar-refractivity contribution in [2.75, 3.05) is 12.4 Å². The van der Waals surface area contributed by atoms with Gasteiger partial charge in [0.1, 0.15) is 11.5 Å². The number of aromatic nitrogens is 1. The van der Waals surface area contributed by atoms with Gasteiger partial charge < -0.3 is 9.73 Å². The lowest BCUT2D eigenvalue weighted by Gasteiger charge is -1.99. The van der Waals surface area contributed by atoms with Crippen LogP contribution in [0.3, 0.4) is 0 Å². The third-order valence-corrected chi connectivity index (χ3v) is 2.83. The quantitative estimate of drug-likeness (QED) is 0.905. The zero-order chi connectivity index (χ0) is 10.8. The molecule has 0 aliphatic heterocycles. The van der Waals surface area contributed by atoms with E-state index in [1.165, 1.54) is 0 Å². The Kier molecular flexibility index (Phi) is 2.77. The van der Waals surface area contributed by atoms with Crippen molar-refractivity contribution < 1.29 is 4.42 Å². The monoisotopic (exact) mass is 266 g/mol. The summed E-state index contributed by atoms with van der Waals surface area (Å²) in [6.07, 6.45) is 0. The van der Waals surface area contributed by atoms with E-state index >= 15 is 0 Å². The van der Waals surface area contributed by atoms with Gasteiger partial charge in [0.15, 0.2) is 0 Å². The maximum absolute atomic E-state index is 5.43. The molecule has 3 nitrogen and oxygen atoms in total. The second-order valence-corrected chi connectivity index (χ2v) is 4.01. The number of anilines is 1. The standard InChI is InChI=1S/C11H11BrN2O/c1-7-10(14-11(13-2)15-7)8-5-3-4-6-9(8)12/h3-6H,1-2H3,(H,13,14). The predicted molar refractivity (Wildman–Crippen MR) is 63.9 cm³/mol. The van der Waals surface area contributed by atoms with Crippen molar-refractivity contribution in [2.45, 2.75) is 6.92 Å². The molecule has 2 rings (SSSR count). The topological polar surface area (TPSA) is 38.1 Å². The van der Waals surface area contributed by atoms with Crippen LogP contribution in [0.1, 0.15) is 5.76 Å². The summed E-state index contributed by atoms with van der Waals surface area (Å²) in [6, 6.07) is 8.49. The molecule has 1 N–H and O–H groups in total. The van der Waals surface area contributed by atoms with Gasteiger partial charge in [-0.1, -0.05) is 34.1 Å². The van der Waals surface area contributed by atoms with Gasteiger partial charge in [0.05, 0.1) is 0 Å². The molecule has 0 aliphatic carbocycles. The van der Waals surface area contributed by atoms with Crippen molar-refractivity contribution in [3.8, 4) is 11.3 Å². The highest BCUT2D eigenvalue weighted by molar-refractivity contribution is 9.10. The van der Waals surface area contributed by atoms with Crippen molar-refractivity contribution in [1.29, 1.82) is 0 Å². The average Bonchev–Trinajstić information content (AvgIpc) is 2.60. The Bertz CT molecular complexity index is 479. The molecule has 0 unspecified atom stereocenters. The second kappa shape index (κ2) is 4.06. The summed E-state index contributed by atoms with van der Waals surface area (Å²) in [4.78, 5) is 4.35. The molecule has 0 atom stereocenters. The van der Waals surface area contributed by atoms with Gasteiger partial charge in [0.2, 0.25) is 0 Å². The largest absolute Gasteiger partial charge is 0.428 e. The van der Waals surface area contributed by atoms with E-state index in [9.17, 15) is 0 Å². The number of nitrogens with one attached hydrogen (secondary N) is 1. The lowest BCUT2D eigenvalue weighted by atomic mass is 10.1. The SMILES string of the molecule is CNc1nc(-c2ccccc2Br)c(C)o1. The molecule has 15 heavy (non-hydrogen) atoms. The number of nitrogens with zero attached hydrogens (tertiary/aromatic N) is 1. The van der Waals surface area contributed by atoms with Gasteiger partial charge >= 0.3 is 0 Å². The first-order chi connectivity index (χ1) is 7.22. The number of rotatable bonds is 2. The summed E-state index contributed by atoms with van der Waals surface area (Å²) < 4.78 is 6.45. The average molecular weight is 267 g/mol. The molecule has 1 aromatic carbocycles. The summed E-state index contributed by atoms with van der Waals surface area (Å²) in [5.74, 6) is 0.811. The molecule has 0 radical (unpaired) electrons. The lowest BCUT2D eigenvalue weighted by Crippen LogP contribution is -1.87. The normalized spacial score (nSPS) is 10.3. The van der Waals surface area contributed by atoms with E-state index in [0.29, 0.717) is 6.01 Å². The molecule has 0 bridgehead atoms. The summed E-state index contributed by atoms with van der Waals surface area (Å²) in [5, 5.41) is 2.88. The summed E-state index contributed by atoms with van der Waals surface area (Å²) in [6.45, 7) is 1.91. The number of halogens is 1. The third-order valence-electron chi connectivity index (χ3n) is 2.14. The highest BCUT2D eigenvalue weighted by Gasteiger charge is 2.12. The number of benzene rings is 1. The lowest BCUT2D eigenvalue weighted by molar-refractivity contribution is 0.544. The Morgan fingerprint density at radius 2 is 2.07 bits per heavy atom. The van der Waals surface area contributed by atoms with Gasteiger partial charge in [-0.25, -0.2) is 0 Å². The zero-order valence-corrected chi connectivity index (χ0v) is 10.1. The Morgan fingerprint density at radius 3 is 2.67 bits per heavy atom. The maximum Gasteiger partial charge on any atom is 0.295 e. The summed E-state index contributed by atoms with van der Waals surface area (Å²) in [5.41, 5.74) is 1.91. The zero-order valence-electron chi connectivity index (χ0n) is 8.54. The van der Waals surface area contributed by atoms with E-state index in [4.69, 9.17) is 4.42 Å². The van der Waals surface area contributed by atoms with Crippen molar-refractivity contribution in [2.24, 2.45) is 0 Å². The molecular formula is C11H11BrN2O. The van der Waals surface area contributed by atoms with Crippen LogP contribution >= 0.6 is 15.9 Å². The van der Waals surface area contributed by atoms with Crippen LogP contribution in [0.2, 0.25) is 0 Å². The molecule has 0 aliphatic rings. The predicted octanol–water partition coefficient (Wildman–Crippen LogP) is 3.45. The molecule has 0 amide bonds. The van der Waals surface area contributed by atoms with Gasteiger partial charge in [-0.15, -0.1) is 0 Å². The molecule has 0 spiro atoms. The molecule has 78 valence electrons. The minimum absolute atomic E-state index is 0.540. The molecule has 2 aromatic rings. The van der Waals surface area contributed by atoms with Crippen molar-refractivity contribution in [3.63, 3.8) is 0 Å². The van der Waals surface area contributed by atoms with Gasteiger partial charge in [-0.2, -0.15) is 4.98 Å². The molecule has 0 fully saturated rings. The number of hydrogen-bond donors (Lipinski definition) is 1. The highest BCUT2D eigenvalue weighted by atomic mass is 79.9. The molecule has 1 heterocycles. The Hall–Kier alpha value is -1.29. The van der Waals surface area contributed by atoms with Gasteiger partial charge in [0, 0.05) is 17.1 Å². The van der Waals surface area contributed by atoms with Crippen LogP contribution in [0.4, 0.5) is 6.01 Å². The fourth-order valence-corrected chi connectivity index (χ4v) is 1.88. The number of oxazole rings is 1. The van der Waals surface area contributed by atoms with Crippen LogP contribution in [0.15, 0.2) is 33.2 Å². The van der Waals surface area contributed by atoms with Crippen LogP contribution in [-0.4, -0.2) is 12.0 Å². The Balaban J connectivity index is 2.54. The minimum Gasteiger partial charge on any atom is -0.428 e. The van der Waals surface area contributed by atoms with Crippen LogP contribution in [0.5, 0.6) is 0 Å². The summed E-state index contributed by atoms with van der Waals surface area (Å²) in [7, 11) is 1.79. The first kappa shape index (κ1) is 10.2. The maximum atomic E-state index is 5.43. The minimum atomic E-state index is 0.540. The molecule has 0 saturated heterocycles. The first-order valence-electron chi connectivity index (χ1n) is 4.62. The highest BCUT2D eigenvalue weighted by Crippen LogP contribution is 2.30. The second-order valence-electron chi connectivity index (χ2n) is 3.15. The Labute approximate surface area is 96.6 Å². The molecule has 0 saturated carbocycles. The van der Waals surface area contributed by atoms with Crippen molar-refractivity contribution in [1.82, 2.24) is 4.98 Å². The fourth-order valence-electron chi connectivity index (χ4n) is 1.41. The summed E-state index contributed by atoms with van der Waals surface area (Å²) >= 11 is 3.50. The molecular weight excluding hydrogens is 256 g/mol. The fraction of sp³-hybridized carbons (Fsp3) is 0.182. The first-order valence-corrected chi connectivity index (χ1v) is 5.41. The van der Waals surface area contributed by atoms with Crippen LogP contribution in [-0.2, 0) is 0 Å². The van der Waals surface area contributed by atoms with Crippen LogP contribution < -0.4 is 5.32 Å². The van der Waals surface area contributed by atoms with E-state index in [1.54, 1.807) is 7.05 Å². The Morgan fingerprint density at radius 1 is 1.33 bits per heavy atom. The molecule has 4 heteroatoms. The van der Waals surface area contributed by atoms with E-state index in [2.05, 4.69) is 26.2 Å².